The molecule has 10 heteroatoms. The molecule has 3 rings (SSSR count). The predicted molar refractivity (Wildman–Crippen MR) is 115 cm³/mol. The second kappa shape index (κ2) is 9.22. The fourth-order valence-electron chi connectivity index (χ4n) is 3.10. The van der Waals surface area contributed by atoms with Gasteiger partial charge in [-0.05, 0) is 50.7 Å². The Morgan fingerprint density at radius 2 is 1.67 bits per heavy atom. The summed E-state index contributed by atoms with van der Waals surface area (Å²) in [6, 6.07) is 11.9. The zero-order valence-corrected chi connectivity index (χ0v) is 18.7. The highest BCUT2D eigenvalue weighted by Crippen LogP contribution is 2.30. The molecular weight excluding hydrogens is 437 g/mol. The molecule has 0 spiro atoms. The molecule has 0 amide bonds. The molecule has 1 heterocycles. The van der Waals surface area contributed by atoms with Crippen LogP contribution < -0.4 is 4.74 Å². The minimum Gasteiger partial charge on any atom is -0.478 e. The molecular formula is C23H25F3N4O3. The van der Waals surface area contributed by atoms with Gasteiger partial charge in [0.25, 0.3) is 0 Å². The Morgan fingerprint density at radius 3 is 2.21 bits per heavy atom. The third-order valence-corrected chi connectivity index (χ3v) is 5.00. The average molecular weight is 462 g/mol. The first-order valence-corrected chi connectivity index (χ1v) is 10.1. The van der Waals surface area contributed by atoms with Gasteiger partial charge in [-0.25, -0.2) is 9.78 Å². The number of benzene rings is 2. The number of aliphatic carboxylic acids is 1. The lowest BCUT2D eigenvalue weighted by Gasteiger charge is -2.22. The highest BCUT2D eigenvalue weighted by Gasteiger charge is 2.30. The summed E-state index contributed by atoms with van der Waals surface area (Å²) in [4.78, 5) is 17.7. The van der Waals surface area contributed by atoms with Gasteiger partial charge in [0.05, 0.1) is 12.1 Å². The molecule has 3 aromatic rings. The molecule has 0 aliphatic rings. The minimum atomic E-state index is -4.39. The predicted octanol–water partition coefficient (Wildman–Crippen LogP) is 4.37. The maximum atomic E-state index is 12.8. The normalized spacial score (nSPS) is 12.2. The van der Waals surface area contributed by atoms with Crippen molar-refractivity contribution in [1.82, 2.24) is 19.7 Å². The maximum absolute atomic E-state index is 12.8. The van der Waals surface area contributed by atoms with Gasteiger partial charge in [0.2, 0.25) is 0 Å². The van der Waals surface area contributed by atoms with E-state index >= 15 is 0 Å². The third kappa shape index (κ3) is 6.10. The van der Waals surface area contributed by atoms with Crippen molar-refractivity contribution < 1.29 is 27.8 Å². The summed E-state index contributed by atoms with van der Waals surface area (Å²) in [5.41, 5.74) is -0.547. The van der Waals surface area contributed by atoms with Crippen molar-refractivity contribution in [3.8, 4) is 17.1 Å². The first-order chi connectivity index (χ1) is 15.3. The van der Waals surface area contributed by atoms with Crippen LogP contribution in [0.1, 0.15) is 30.8 Å². The Labute approximate surface area is 189 Å². The summed E-state index contributed by atoms with van der Waals surface area (Å²) in [5.74, 6) is 0.432. The molecule has 0 aliphatic heterocycles. The molecule has 33 heavy (non-hydrogen) atoms. The van der Waals surface area contributed by atoms with Gasteiger partial charge in [-0.1, -0.05) is 24.3 Å². The number of carbonyl (C=O) groups is 1. The Balaban J connectivity index is 1.63. The van der Waals surface area contributed by atoms with Gasteiger partial charge < -0.3 is 9.84 Å². The fraction of sp³-hybridized carbons (Fsp3) is 0.348. The van der Waals surface area contributed by atoms with Crippen LogP contribution in [0.15, 0.2) is 48.5 Å². The Kier molecular flexibility index (Phi) is 6.78. The van der Waals surface area contributed by atoms with Gasteiger partial charge in [-0.15, -0.1) is 0 Å². The molecule has 0 unspecified atom stereocenters. The number of aryl methyl sites for hydroxylation is 1. The highest BCUT2D eigenvalue weighted by molar-refractivity contribution is 5.76. The number of aromatic nitrogens is 3. The SMILES string of the molecule is CN(Cc1ccc(OC(C)(C)C(=O)O)cc1)Cc1nc(-c2ccc(C(F)(F)F)cc2)nn1C. The highest BCUT2D eigenvalue weighted by atomic mass is 19.4. The smallest absolute Gasteiger partial charge is 0.416 e. The summed E-state index contributed by atoms with van der Waals surface area (Å²) in [7, 11) is 3.64. The van der Waals surface area contributed by atoms with Crippen LogP contribution in [0.5, 0.6) is 5.75 Å². The van der Waals surface area contributed by atoms with E-state index in [1.807, 2.05) is 24.1 Å². The van der Waals surface area contributed by atoms with Crippen LogP contribution in [-0.4, -0.2) is 43.4 Å². The van der Waals surface area contributed by atoms with Crippen molar-refractivity contribution in [3.63, 3.8) is 0 Å². The number of alkyl halides is 3. The first-order valence-electron chi connectivity index (χ1n) is 10.1. The maximum Gasteiger partial charge on any atom is 0.416 e. The van der Waals surface area contributed by atoms with E-state index < -0.39 is 23.3 Å². The number of nitrogens with zero attached hydrogens (tertiary/aromatic N) is 4. The van der Waals surface area contributed by atoms with Gasteiger partial charge in [0.15, 0.2) is 11.4 Å². The van der Waals surface area contributed by atoms with E-state index in [9.17, 15) is 18.0 Å². The number of hydrogen-bond donors (Lipinski definition) is 1. The molecule has 176 valence electrons. The van der Waals surface area contributed by atoms with Crippen LogP contribution in [0.2, 0.25) is 0 Å². The zero-order valence-electron chi connectivity index (χ0n) is 18.7. The van der Waals surface area contributed by atoms with Crippen molar-refractivity contribution in [3.05, 3.63) is 65.5 Å². The fourth-order valence-corrected chi connectivity index (χ4v) is 3.10. The summed E-state index contributed by atoms with van der Waals surface area (Å²) in [5, 5.41) is 13.5. The molecule has 0 bridgehead atoms. The number of hydrogen-bond acceptors (Lipinski definition) is 5. The molecule has 1 aromatic heterocycles. The lowest BCUT2D eigenvalue weighted by molar-refractivity contribution is -0.152. The molecule has 1 N–H and O–H groups in total. The lowest BCUT2D eigenvalue weighted by atomic mass is 10.1. The van der Waals surface area contributed by atoms with Crippen LogP contribution in [0.25, 0.3) is 11.4 Å². The molecule has 7 nitrogen and oxygen atoms in total. The first kappa shape index (κ1) is 24.2. The molecule has 0 aliphatic carbocycles. The van der Waals surface area contributed by atoms with E-state index in [1.165, 1.54) is 26.0 Å². The standard InChI is InChI=1S/C23H25F3N4O3/c1-22(2,21(31)32)33-18-11-5-15(6-12-18)13-29(3)14-19-27-20(28-30(19)4)16-7-9-17(10-8-16)23(24,25)26/h5-12H,13-14H2,1-4H3,(H,31,32). The van der Waals surface area contributed by atoms with Gasteiger partial charge in [-0.3, -0.25) is 9.58 Å². The van der Waals surface area contributed by atoms with Crippen molar-refractivity contribution in [2.75, 3.05) is 7.05 Å². The number of rotatable bonds is 8. The molecule has 0 atom stereocenters. The van der Waals surface area contributed by atoms with E-state index in [-0.39, 0.29) is 0 Å². The van der Waals surface area contributed by atoms with E-state index in [4.69, 9.17) is 9.84 Å². The van der Waals surface area contributed by atoms with Crippen molar-refractivity contribution in [1.29, 1.82) is 0 Å². The Bertz CT molecular complexity index is 1110. The number of carboxylic acid groups (broad SMARTS) is 1. The van der Waals surface area contributed by atoms with E-state index in [1.54, 1.807) is 23.9 Å². The summed E-state index contributed by atoms with van der Waals surface area (Å²) >= 11 is 0. The van der Waals surface area contributed by atoms with Crippen LogP contribution in [-0.2, 0) is 31.1 Å². The second-order valence-electron chi connectivity index (χ2n) is 8.28. The van der Waals surface area contributed by atoms with Crippen molar-refractivity contribution >= 4 is 5.97 Å². The third-order valence-electron chi connectivity index (χ3n) is 5.00. The Hall–Kier alpha value is -3.40. The molecule has 0 radical (unpaired) electrons. The van der Waals surface area contributed by atoms with Crippen LogP contribution >= 0.6 is 0 Å². The second-order valence-corrected chi connectivity index (χ2v) is 8.28. The monoisotopic (exact) mass is 462 g/mol. The van der Waals surface area contributed by atoms with Crippen LogP contribution in [0.3, 0.4) is 0 Å². The van der Waals surface area contributed by atoms with Gasteiger partial charge in [0, 0.05) is 19.2 Å². The topological polar surface area (TPSA) is 80.5 Å². The lowest BCUT2D eigenvalue weighted by Crippen LogP contribution is -2.37. The van der Waals surface area contributed by atoms with Crippen LogP contribution in [0.4, 0.5) is 13.2 Å². The molecule has 0 saturated carbocycles. The molecule has 0 fully saturated rings. The quantitative estimate of drug-likeness (QED) is 0.535. The minimum absolute atomic E-state index is 0.358. The van der Waals surface area contributed by atoms with Gasteiger partial charge in [-0.2, -0.15) is 18.3 Å². The molecule has 2 aromatic carbocycles. The van der Waals surface area contributed by atoms with Crippen molar-refractivity contribution in [2.24, 2.45) is 7.05 Å². The van der Waals surface area contributed by atoms with E-state index in [2.05, 4.69) is 10.1 Å². The average Bonchev–Trinajstić information content (AvgIpc) is 3.09. The van der Waals surface area contributed by atoms with Gasteiger partial charge >= 0.3 is 12.1 Å². The van der Waals surface area contributed by atoms with Gasteiger partial charge in [0.1, 0.15) is 11.6 Å². The number of carboxylic acids is 1. The summed E-state index contributed by atoms with van der Waals surface area (Å²) < 4.78 is 45.4. The van der Waals surface area contributed by atoms with E-state index in [0.29, 0.717) is 36.1 Å². The zero-order chi connectivity index (χ0) is 24.4. The Morgan fingerprint density at radius 1 is 1.06 bits per heavy atom. The largest absolute Gasteiger partial charge is 0.478 e. The summed E-state index contributed by atoms with van der Waals surface area (Å²) in [6.07, 6.45) is -4.39. The number of halogens is 3. The van der Waals surface area contributed by atoms with Crippen LogP contribution in [0, 0.1) is 0 Å². The van der Waals surface area contributed by atoms with Crippen molar-refractivity contribution in [2.45, 2.75) is 38.7 Å². The molecule has 0 saturated heterocycles. The van der Waals surface area contributed by atoms with E-state index in [0.717, 1.165) is 17.7 Å². The number of ether oxygens (including phenoxy) is 1. The summed E-state index contributed by atoms with van der Waals surface area (Å²) in [6.45, 7) is 4.02.